The van der Waals surface area contributed by atoms with E-state index in [0.29, 0.717) is 6.61 Å². The number of hydrogen-bond donors (Lipinski definition) is 1. The van der Waals surface area contributed by atoms with E-state index in [1.807, 2.05) is 6.07 Å². The van der Waals surface area contributed by atoms with Crippen LogP contribution in [-0.4, -0.2) is 29.3 Å². The van der Waals surface area contributed by atoms with Crippen molar-refractivity contribution < 1.29 is 8.85 Å². The summed E-state index contributed by atoms with van der Waals surface area (Å²) < 4.78 is 13.2. The molecule has 0 saturated heterocycles. The third kappa shape index (κ3) is 6.03. The number of rotatable bonds is 7. The van der Waals surface area contributed by atoms with Gasteiger partial charge in [0.15, 0.2) is 16.6 Å². The summed E-state index contributed by atoms with van der Waals surface area (Å²) in [4.78, 5) is 0. The van der Waals surface area contributed by atoms with Crippen LogP contribution < -0.4 is 5.73 Å². The largest absolute Gasteiger partial charge is 0.415 e. The lowest BCUT2D eigenvalue weighted by molar-refractivity contribution is 0.119. The zero-order valence-electron chi connectivity index (χ0n) is 18.6. The molecule has 0 heterocycles. The van der Waals surface area contributed by atoms with Gasteiger partial charge in [-0.25, -0.2) is 0 Å². The fraction of sp³-hybridized carbons (Fsp3) is 0.714. The molecule has 0 aliphatic carbocycles. The highest BCUT2D eigenvalue weighted by Crippen LogP contribution is 2.41. The van der Waals surface area contributed by atoms with E-state index in [1.54, 1.807) is 0 Å². The van der Waals surface area contributed by atoms with Crippen LogP contribution in [0.25, 0.3) is 0 Å². The van der Waals surface area contributed by atoms with Gasteiger partial charge in [-0.15, -0.1) is 0 Å². The number of nitrogens with two attached hydrogens (primary N) is 1. The van der Waals surface area contributed by atoms with Crippen molar-refractivity contribution >= 4 is 16.6 Å². The van der Waals surface area contributed by atoms with Gasteiger partial charge < -0.3 is 14.6 Å². The Balaban J connectivity index is 3.03. The van der Waals surface area contributed by atoms with Gasteiger partial charge in [0, 0.05) is 0 Å². The molecule has 2 atom stereocenters. The van der Waals surface area contributed by atoms with Crippen LogP contribution in [-0.2, 0) is 8.85 Å². The summed E-state index contributed by atoms with van der Waals surface area (Å²) in [5, 5.41) is 0.315. The van der Waals surface area contributed by atoms with Gasteiger partial charge in [-0.2, -0.15) is 0 Å². The topological polar surface area (TPSA) is 44.5 Å². The average molecular weight is 396 g/mol. The van der Waals surface area contributed by atoms with E-state index in [1.165, 1.54) is 0 Å². The first kappa shape index (κ1) is 23.6. The molecule has 0 spiro atoms. The van der Waals surface area contributed by atoms with Crippen molar-refractivity contribution in [3.05, 3.63) is 35.9 Å². The highest BCUT2D eigenvalue weighted by Gasteiger charge is 2.42. The summed E-state index contributed by atoms with van der Waals surface area (Å²) in [5.74, 6) is 0. The molecule has 1 aromatic carbocycles. The summed E-state index contributed by atoms with van der Waals surface area (Å²) in [7, 11) is -3.78. The first-order valence-electron chi connectivity index (χ1n) is 9.71. The van der Waals surface area contributed by atoms with E-state index < -0.39 is 16.6 Å². The molecule has 5 heteroatoms. The van der Waals surface area contributed by atoms with Crippen LogP contribution in [0, 0.1) is 0 Å². The Kier molecular flexibility index (Phi) is 7.50. The molecule has 26 heavy (non-hydrogen) atoms. The predicted octanol–water partition coefficient (Wildman–Crippen LogP) is 6.10. The summed E-state index contributed by atoms with van der Waals surface area (Å²) in [5.41, 5.74) is 7.79. The van der Waals surface area contributed by atoms with Crippen LogP contribution in [0.3, 0.4) is 0 Å². The molecule has 3 nitrogen and oxygen atoms in total. The molecule has 150 valence electrons. The molecular weight excluding hydrogens is 354 g/mol. The fourth-order valence-electron chi connectivity index (χ4n) is 2.15. The number of benzene rings is 1. The quantitative estimate of drug-likeness (QED) is 0.567. The summed E-state index contributed by atoms with van der Waals surface area (Å²) in [6.07, 6.45) is -0.137. The maximum Gasteiger partial charge on any atom is 0.192 e. The Morgan fingerprint density at radius 3 is 1.73 bits per heavy atom. The monoisotopic (exact) mass is 395 g/mol. The lowest BCUT2D eigenvalue weighted by Gasteiger charge is -2.42. The number of hydrogen-bond acceptors (Lipinski definition) is 3. The zero-order chi connectivity index (χ0) is 20.4. The summed E-state index contributed by atoms with van der Waals surface area (Å²) in [6, 6.07) is 10.2. The van der Waals surface area contributed by atoms with Crippen molar-refractivity contribution in [3.63, 3.8) is 0 Å². The van der Waals surface area contributed by atoms with Gasteiger partial charge >= 0.3 is 0 Å². The van der Waals surface area contributed by atoms with Crippen LogP contribution in [0.2, 0.25) is 36.3 Å². The van der Waals surface area contributed by atoms with Gasteiger partial charge in [-0.1, -0.05) is 71.9 Å². The molecule has 0 saturated carbocycles. The molecular formula is C21H41NO2Si2. The fourth-order valence-corrected chi connectivity index (χ4v) is 4.49. The normalized spacial score (nSPS) is 16.4. The first-order chi connectivity index (χ1) is 11.6. The van der Waals surface area contributed by atoms with Gasteiger partial charge in [0.2, 0.25) is 0 Å². The van der Waals surface area contributed by atoms with E-state index >= 15 is 0 Å². The summed E-state index contributed by atoms with van der Waals surface area (Å²) >= 11 is 0. The molecule has 0 aliphatic rings. The van der Waals surface area contributed by atoms with E-state index in [9.17, 15) is 0 Å². The molecule has 1 aromatic rings. The Morgan fingerprint density at radius 1 is 0.846 bits per heavy atom. The molecule has 0 fully saturated rings. The summed E-state index contributed by atoms with van der Waals surface area (Å²) in [6.45, 7) is 23.2. The van der Waals surface area contributed by atoms with Crippen LogP contribution in [0.15, 0.2) is 30.3 Å². The van der Waals surface area contributed by atoms with E-state index in [4.69, 9.17) is 14.6 Å². The van der Waals surface area contributed by atoms with Gasteiger partial charge in [-0.05, 0) is 41.8 Å². The van der Waals surface area contributed by atoms with E-state index in [-0.39, 0.29) is 22.2 Å². The second kappa shape index (κ2) is 8.27. The molecule has 0 bridgehead atoms. The minimum atomic E-state index is -1.95. The third-order valence-corrected chi connectivity index (χ3v) is 15.1. The molecule has 1 rings (SSSR count). The zero-order valence-corrected chi connectivity index (χ0v) is 20.6. The van der Waals surface area contributed by atoms with Crippen molar-refractivity contribution in [1.82, 2.24) is 0 Å². The average Bonchev–Trinajstić information content (AvgIpc) is 2.49. The Hall–Kier alpha value is -0.466. The highest BCUT2D eigenvalue weighted by atomic mass is 28.4. The van der Waals surface area contributed by atoms with Crippen molar-refractivity contribution in [2.75, 3.05) is 6.61 Å². The van der Waals surface area contributed by atoms with Crippen molar-refractivity contribution in [3.8, 4) is 0 Å². The van der Waals surface area contributed by atoms with E-state index in [2.05, 4.69) is 92.0 Å². The minimum Gasteiger partial charge on any atom is -0.415 e. The molecule has 0 radical (unpaired) electrons. The van der Waals surface area contributed by atoms with Crippen LogP contribution in [0.1, 0.15) is 53.2 Å². The Bertz CT molecular complexity index is 560. The molecule has 0 amide bonds. The van der Waals surface area contributed by atoms with Crippen molar-refractivity contribution in [1.29, 1.82) is 0 Å². The second-order valence-corrected chi connectivity index (χ2v) is 20.0. The van der Waals surface area contributed by atoms with Gasteiger partial charge in [0.25, 0.3) is 0 Å². The van der Waals surface area contributed by atoms with Crippen LogP contribution >= 0.6 is 0 Å². The lowest BCUT2D eigenvalue weighted by atomic mass is 10.0. The van der Waals surface area contributed by atoms with Crippen molar-refractivity contribution in [2.24, 2.45) is 5.73 Å². The molecule has 0 aromatic heterocycles. The minimum absolute atomic E-state index is 0.137. The van der Waals surface area contributed by atoms with Crippen LogP contribution in [0.4, 0.5) is 0 Å². The van der Waals surface area contributed by atoms with E-state index in [0.717, 1.165) is 5.56 Å². The maximum absolute atomic E-state index is 6.75. The lowest BCUT2D eigenvalue weighted by Crippen LogP contribution is -2.49. The van der Waals surface area contributed by atoms with Gasteiger partial charge in [-0.3, -0.25) is 0 Å². The molecule has 0 aliphatic heterocycles. The van der Waals surface area contributed by atoms with Crippen LogP contribution in [0.5, 0.6) is 0 Å². The maximum atomic E-state index is 6.75. The SMILES string of the molecule is CC(C)(C)[Si](C)(C)OCC(N)C(O[Si](C)(C)C(C)(C)C)c1ccccc1. The Labute approximate surface area is 163 Å². The van der Waals surface area contributed by atoms with Gasteiger partial charge in [0.05, 0.1) is 18.8 Å². The molecule has 2 unspecified atom stereocenters. The third-order valence-electron chi connectivity index (χ3n) is 6.19. The second-order valence-electron chi connectivity index (χ2n) is 10.4. The standard InChI is InChI=1S/C21H41NO2Si2/c1-20(2,3)25(7,8)23-16-18(22)19(17-14-12-11-13-15-17)24-26(9,10)21(4,5)6/h11-15,18-19H,16,22H2,1-10H3. The molecule has 2 N–H and O–H groups in total. The smallest absolute Gasteiger partial charge is 0.192 e. The first-order valence-corrected chi connectivity index (χ1v) is 15.5. The highest BCUT2D eigenvalue weighted by molar-refractivity contribution is 6.74. The predicted molar refractivity (Wildman–Crippen MR) is 119 cm³/mol. The van der Waals surface area contributed by atoms with Crippen molar-refractivity contribution in [2.45, 2.75) is 90.0 Å². The Morgan fingerprint density at radius 2 is 1.31 bits per heavy atom. The van der Waals surface area contributed by atoms with Gasteiger partial charge in [0.1, 0.15) is 0 Å².